The maximum Gasteiger partial charge on any atom is 0.412 e. The quantitative estimate of drug-likeness (QED) is 0.801. The van der Waals surface area contributed by atoms with Gasteiger partial charge >= 0.3 is 6.09 Å². The Balaban J connectivity index is 1.91. The number of amides is 1. The van der Waals surface area contributed by atoms with Crippen LogP contribution in [-0.2, 0) is 4.74 Å². The molecule has 1 amide bonds. The fourth-order valence-electron chi connectivity index (χ4n) is 2.60. The highest BCUT2D eigenvalue weighted by molar-refractivity contribution is 6.00. The average molecular weight is 325 g/mol. The normalized spacial score (nSPS) is 15.8. The molecule has 24 heavy (non-hydrogen) atoms. The van der Waals surface area contributed by atoms with Gasteiger partial charge in [0.1, 0.15) is 11.5 Å². The monoisotopic (exact) mass is 325 g/mol. The van der Waals surface area contributed by atoms with E-state index in [0.717, 1.165) is 11.3 Å². The van der Waals surface area contributed by atoms with Gasteiger partial charge in [0.15, 0.2) is 5.82 Å². The fraction of sp³-hybridized carbons (Fsp3) is 0.235. The molecule has 0 saturated carbocycles. The van der Waals surface area contributed by atoms with Crippen molar-refractivity contribution >= 4 is 34.8 Å². The molecule has 1 aliphatic heterocycles. The molecule has 0 spiro atoms. The van der Waals surface area contributed by atoms with E-state index in [-0.39, 0.29) is 18.5 Å². The van der Waals surface area contributed by atoms with E-state index in [1.165, 1.54) is 0 Å². The molecule has 7 nitrogen and oxygen atoms in total. The van der Waals surface area contributed by atoms with Crippen LogP contribution in [0.15, 0.2) is 41.4 Å². The van der Waals surface area contributed by atoms with Gasteiger partial charge in [-0.05, 0) is 19.4 Å². The van der Waals surface area contributed by atoms with Crippen LogP contribution in [0.5, 0.6) is 0 Å². The van der Waals surface area contributed by atoms with Crippen molar-refractivity contribution in [1.29, 1.82) is 0 Å². The summed E-state index contributed by atoms with van der Waals surface area (Å²) < 4.78 is 4.84. The van der Waals surface area contributed by atoms with E-state index in [2.05, 4.69) is 20.6 Å². The van der Waals surface area contributed by atoms with E-state index in [0.29, 0.717) is 17.2 Å². The molecule has 1 aromatic heterocycles. The van der Waals surface area contributed by atoms with Crippen molar-refractivity contribution < 1.29 is 9.53 Å². The van der Waals surface area contributed by atoms with Crippen LogP contribution in [0.3, 0.4) is 0 Å². The number of benzene rings is 1. The lowest BCUT2D eigenvalue weighted by molar-refractivity contribution is 0.168. The van der Waals surface area contributed by atoms with Crippen LogP contribution in [0.1, 0.15) is 25.5 Å². The molecular formula is C17H19N5O2. The highest BCUT2D eigenvalue weighted by Crippen LogP contribution is 2.39. The van der Waals surface area contributed by atoms with Gasteiger partial charge in [0.2, 0.25) is 0 Å². The molecule has 0 fully saturated rings. The lowest BCUT2D eigenvalue weighted by atomic mass is 10.0. The van der Waals surface area contributed by atoms with Gasteiger partial charge in [-0.2, -0.15) is 0 Å². The standard InChI is InChI=1S/C17H19N5O2/c1-3-24-17(23)21-13-9-12-15(16(18)20-13)22-14(10(2)19-12)11-7-5-4-6-8-11/h4-9,14,22H,3H2,1-2H3,(H3,18,20,21,23). The van der Waals surface area contributed by atoms with E-state index in [4.69, 9.17) is 10.5 Å². The second-order valence-corrected chi connectivity index (χ2v) is 5.37. The number of nitrogens with one attached hydrogen (secondary N) is 2. The highest BCUT2D eigenvalue weighted by atomic mass is 16.5. The van der Waals surface area contributed by atoms with Crippen LogP contribution >= 0.6 is 0 Å². The predicted octanol–water partition coefficient (Wildman–Crippen LogP) is 3.49. The molecule has 0 saturated heterocycles. The number of hydrogen-bond acceptors (Lipinski definition) is 6. The van der Waals surface area contributed by atoms with E-state index in [9.17, 15) is 4.79 Å². The Morgan fingerprint density at radius 1 is 1.38 bits per heavy atom. The zero-order chi connectivity index (χ0) is 17.1. The van der Waals surface area contributed by atoms with Crippen LogP contribution in [0.25, 0.3) is 0 Å². The highest BCUT2D eigenvalue weighted by Gasteiger charge is 2.24. The number of aromatic nitrogens is 1. The van der Waals surface area contributed by atoms with Crippen LogP contribution in [0, 0.1) is 0 Å². The van der Waals surface area contributed by atoms with Crippen molar-refractivity contribution in [3.63, 3.8) is 0 Å². The molecule has 0 aliphatic carbocycles. The average Bonchev–Trinajstić information content (AvgIpc) is 2.55. The van der Waals surface area contributed by atoms with Crippen molar-refractivity contribution in [2.75, 3.05) is 23.0 Å². The Kier molecular flexibility index (Phi) is 4.33. The van der Waals surface area contributed by atoms with Gasteiger partial charge in [0.25, 0.3) is 0 Å². The molecule has 3 rings (SSSR count). The lowest BCUT2D eigenvalue weighted by Gasteiger charge is -2.26. The molecule has 0 radical (unpaired) electrons. The Bertz CT molecular complexity index is 789. The third-order valence-electron chi connectivity index (χ3n) is 3.67. The van der Waals surface area contributed by atoms with Gasteiger partial charge in [-0.3, -0.25) is 10.3 Å². The number of pyridine rings is 1. The fourth-order valence-corrected chi connectivity index (χ4v) is 2.60. The molecule has 7 heteroatoms. The van der Waals surface area contributed by atoms with Gasteiger partial charge < -0.3 is 15.8 Å². The van der Waals surface area contributed by atoms with Crippen LogP contribution in [0.4, 0.5) is 27.8 Å². The summed E-state index contributed by atoms with van der Waals surface area (Å²) in [5.41, 5.74) is 9.34. The number of nitrogens with two attached hydrogens (primary N) is 1. The van der Waals surface area contributed by atoms with Gasteiger partial charge in [-0.15, -0.1) is 0 Å². The van der Waals surface area contributed by atoms with E-state index in [1.54, 1.807) is 13.0 Å². The molecule has 124 valence electrons. The first-order valence-corrected chi connectivity index (χ1v) is 7.69. The minimum atomic E-state index is -0.573. The summed E-state index contributed by atoms with van der Waals surface area (Å²) in [5, 5.41) is 5.92. The van der Waals surface area contributed by atoms with Crippen molar-refractivity contribution in [2.45, 2.75) is 19.9 Å². The molecule has 1 atom stereocenters. The summed E-state index contributed by atoms with van der Waals surface area (Å²) in [7, 11) is 0. The first kappa shape index (κ1) is 15.8. The number of rotatable bonds is 3. The van der Waals surface area contributed by atoms with Crippen molar-refractivity contribution in [1.82, 2.24) is 4.98 Å². The van der Waals surface area contributed by atoms with Gasteiger partial charge in [0.05, 0.1) is 18.3 Å². The third kappa shape index (κ3) is 3.15. The van der Waals surface area contributed by atoms with Crippen molar-refractivity contribution in [3.8, 4) is 0 Å². The topological polar surface area (TPSA) is 102 Å². The number of ether oxygens (including phenoxy) is 1. The summed E-state index contributed by atoms with van der Waals surface area (Å²) in [6, 6.07) is 11.6. The number of fused-ring (bicyclic) bond motifs is 1. The third-order valence-corrected chi connectivity index (χ3v) is 3.67. The van der Waals surface area contributed by atoms with Crippen LogP contribution in [0.2, 0.25) is 0 Å². The second kappa shape index (κ2) is 6.57. The first-order chi connectivity index (χ1) is 11.6. The molecular weight excluding hydrogens is 306 g/mol. The van der Waals surface area contributed by atoms with E-state index in [1.807, 2.05) is 37.3 Å². The van der Waals surface area contributed by atoms with Gasteiger partial charge in [-0.25, -0.2) is 9.78 Å². The Hall–Kier alpha value is -3.09. The number of hydrogen-bond donors (Lipinski definition) is 3. The Morgan fingerprint density at radius 2 is 2.12 bits per heavy atom. The number of carbonyl (C=O) groups is 1. The minimum Gasteiger partial charge on any atom is -0.450 e. The molecule has 1 aromatic carbocycles. The van der Waals surface area contributed by atoms with Crippen molar-refractivity contribution in [3.05, 3.63) is 42.0 Å². The number of carbonyl (C=O) groups excluding carboxylic acids is 1. The number of anilines is 3. The largest absolute Gasteiger partial charge is 0.450 e. The van der Waals surface area contributed by atoms with Crippen LogP contribution < -0.4 is 16.4 Å². The zero-order valence-electron chi connectivity index (χ0n) is 13.5. The maximum atomic E-state index is 11.5. The summed E-state index contributed by atoms with van der Waals surface area (Å²) >= 11 is 0. The van der Waals surface area contributed by atoms with E-state index < -0.39 is 6.09 Å². The molecule has 2 heterocycles. The molecule has 4 N–H and O–H groups in total. The smallest absolute Gasteiger partial charge is 0.412 e. The zero-order valence-corrected chi connectivity index (χ0v) is 13.5. The first-order valence-electron chi connectivity index (χ1n) is 7.69. The van der Waals surface area contributed by atoms with Crippen molar-refractivity contribution in [2.24, 2.45) is 4.99 Å². The SMILES string of the molecule is CCOC(=O)Nc1cc2c(c(N)n1)NC(c1ccccc1)C(C)=N2. The number of nitrogens with zero attached hydrogens (tertiary/aromatic N) is 2. The number of nitrogen functional groups attached to an aromatic ring is 1. The molecule has 1 unspecified atom stereocenters. The van der Waals surface area contributed by atoms with Gasteiger partial charge in [0, 0.05) is 11.8 Å². The maximum absolute atomic E-state index is 11.5. The molecule has 2 aromatic rings. The predicted molar refractivity (Wildman–Crippen MR) is 94.9 cm³/mol. The summed E-state index contributed by atoms with van der Waals surface area (Å²) in [4.78, 5) is 20.3. The Morgan fingerprint density at radius 3 is 2.83 bits per heavy atom. The Labute approximate surface area is 140 Å². The summed E-state index contributed by atoms with van der Waals surface area (Å²) in [5.74, 6) is 0.581. The summed E-state index contributed by atoms with van der Waals surface area (Å²) in [6.45, 7) is 3.96. The second-order valence-electron chi connectivity index (χ2n) is 5.37. The molecule has 0 bridgehead atoms. The van der Waals surface area contributed by atoms with Crippen LogP contribution in [-0.4, -0.2) is 23.4 Å². The number of aliphatic imine (C=N–C) groups is 1. The van der Waals surface area contributed by atoms with E-state index >= 15 is 0 Å². The lowest BCUT2D eigenvalue weighted by Crippen LogP contribution is -2.23. The summed E-state index contributed by atoms with van der Waals surface area (Å²) in [6.07, 6.45) is -0.573. The molecule has 1 aliphatic rings. The van der Waals surface area contributed by atoms with Gasteiger partial charge in [-0.1, -0.05) is 30.3 Å². The minimum absolute atomic E-state index is 0.0633.